The summed E-state index contributed by atoms with van der Waals surface area (Å²) >= 11 is 0. The number of amides is 1. The van der Waals surface area contributed by atoms with Gasteiger partial charge in [-0.25, -0.2) is 15.0 Å². The maximum absolute atomic E-state index is 12.0. The maximum Gasteiger partial charge on any atom is 0.248 e. The molecule has 30 heavy (non-hydrogen) atoms. The van der Waals surface area contributed by atoms with Crippen LogP contribution in [0, 0.1) is 0 Å². The minimum atomic E-state index is -0.242. The van der Waals surface area contributed by atoms with Gasteiger partial charge < -0.3 is 20.4 Å². The van der Waals surface area contributed by atoms with Crippen molar-refractivity contribution in [2.24, 2.45) is 0 Å². The Labute approximate surface area is 172 Å². The minimum Gasteiger partial charge on any atom is -0.465 e. The lowest BCUT2D eigenvalue weighted by molar-refractivity contribution is -0.111. The molecule has 0 aliphatic carbocycles. The summed E-state index contributed by atoms with van der Waals surface area (Å²) in [6, 6.07) is 18.2. The summed E-state index contributed by atoms with van der Waals surface area (Å²) < 4.78 is 5.15. The number of benzene rings is 1. The second kappa shape index (κ2) is 9.16. The lowest BCUT2D eigenvalue weighted by atomic mass is 10.2. The van der Waals surface area contributed by atoms with Crippen LogP contribution in [0.2, 0.25) is 0 Å². The molecule has 3 aromatic heterocycles. The normalized spacial score (nSPS) is 10.7. The number of aromatic nitrogens is 3. The molecule has 3 N–H and O–H groups in total. The molecule has 148 valence electrons. The van der Waals surface area contributed by atoms with Crippen molar-refractivity contribution in [2.75, 3.05) is 16.0 Å². The molecule has 0 radical (unpaired) electrons. The summed E-state index contributed by atoms with van der Waals surface area (Å²) in [6.07, 6.45) is 7.75. The number of carbonyl (C=O) groups is 1. The standard InChI is InChI=1S/C22H18N6O2/c29-22(11-10-18-4-3-13-30-18)27-17-8-6-16(7-9-17)26-20-14-21(25-15-24-20)28-19-5-1-2-12-23-19/h1-15H,(H,27,29)(H2,23,24,25,26,28)/b11-10+. The Kier molecular flexibility index (Phi) is 5.76. The Bertz CT molecular complexity index is 1130. The van der Waals surface area contributed by atoms with Crippen LogP contribution in [0.5, 0.6) is 0 Å². The molecule has 0 saturated heterocycles. The summed E-state index contributed by atoms with van der Waals surface area (Å²) in [5.74, 6) is 2.32. The van der Waals surface area contributed by atoms with Crippen molar-refractivity contribution in [1.82, 2.24) is 15.0 Å². The number of pyridine rings is 1. The van der Waals surface area contributed by atoms with Gasteiger partial charge in [0.2, 0.25) is 5.91 Å². The maximum atomic E-state index is 12.0. The Morgan fingerprint density at radius 2 is 1.63 bits per heavy atom. The van der Waals surface area contributed by atoms with Gasteiger partial charge in [-0.3, -0.25) is 4.79 Å². The molecule has 4 rings (SSSR count). The molecule has 0 bridgehead atoms. The lowest BCUT2D eigenvalue weighted by Crippen LogP contribution is -2.07. The minimum absolute atomic E-state index is 0.242. The SMILES string of the molecule is O=C(/C=C/c1ccco1)Nc1ccc(Nc2cc(Nc3ccccn3)ncn2)cc1. The summed E-state index contributed by atoms with van der Waals surface area (Å²) in [4.78, 5) is 24.6. The first-order valence-electron chi connectivity index (χ1n) is 9.14. The van der Waals surface area contributed by atoms with Crippen molar-refractivity contribution in [3.63, 3.8) is 0 Å². The van der Waals surface area contributed by atoms with E-state index in [1.807, 2.05) is 30.3 Å². The van der Waals surface area contributed by atoms with Crippen LogP contribution in [0.1, 0.15) is 5.76 Å². The van der Waals surface area contributed by atoms with Crippen LogP contribution in [0.4, 0.5) is 28.8 Å². The highest BCUT2D eigenvalue weighted by atomic mass is 16.3. The third-order valence-electron chi connectivity index (χ3n) is 3.96. The lowest BCUT2D eigenvalue weighted by Gasteiger charge is -2.09. The zero-order chi connectivity index (χ0) is 20.6. The van der Waals surface area contributed by atoms with E-state index in [0.717, 1.165) is 5.69 Å². The fourth-order valence-electron chi connectivity index (χ4n) is 2.57. The molecule has 4 aromatic rings. The van der Waals surface area contributed by atoms with Crippen LogP contribution in [-0.4, -0.2) is 20.9 Å². The van der Waals surface area contributed by atoms with Crippen molar-refractivity contribution in [3.05, 3.63) is 91.3 Å². The number of nitrogens with zero attached hydrogens (tertiary/aromatic N) is 3. The monoisotopic (exact) mass is 398 g/mol. The average molecular weight is 398 g/mol. The van der Waals surface area contributed by atoms with Crippen molar-refractivity contribution < 1.29 is 9.21 Å². The van der Waals surface area contributed by atoms with Gasteiger partial charge in [-0.1, -0.05) is 6.07 Å². The predicted octanol–water partition coefficient (Wildman–Crippen LogP) is 4.60. The molecule has 3 heterocycles. The number of furan rings is 1. The number of carbonyl (C=O) groups excluding carboxylic acids is 1. The van der Waals surface area contributed by atoms with Crippen LogP contribution in [0.25, 0.3) is 6.08 Å². The highest BCUT2D eigenvalue weighted by molar-refractivity contribution is 6.01. The van der Waals surface area contributed by atoms with Crippen molar-refractivity contribution in [1.29, 1.82) is 0 Å². The van der Waals surface area contributed by atoms with Gasteiger partial charge in [0.25, 0.3) is 0 Å². The van der Waals surface area contributed by atoms with E-state index in [4.69, 9.17) is 4.42 Å². The van der Waals surface area contributed by atoms with E-state index in [9.17, 15) is 4.79 Å². The first-order chi connectivity index (χ1) is 14.7. The van der Waals surface area contributed by atoms with Gasteiger partial charge in [0.1, 0.15) is 29.5 Å². The number of rotatable bonds is 7. The Morgan fingerprint density at radius 1 is 0.833 bits per heavy atom. The topological polar surface area (TPSA) is 105 Å². The zero-order valence-electron chi connectivity index (χ0n) is 15.8. The summed E-state index contributed by atoms with van der Waals surface area (Å²) in [6.45, 7) is 0. The van der Waals surface area contributed by atoms with E-state index in [1.54, 1.807) is 48.9 Å². The molecule has 0 spiro atoms. The van der Waals surface area contributed by atoms with Crippen molar-refractivity contribution in [2.45, 2.75) is 0 Å². The van der Waals surface area contributed by atoms with E-state index in [0.29, 0.717) is 28.9 Å². The average Bonchev–Trinajstić information content (AvgIpc) is 3.29. The molecule has 8 nitrogen and oxygen atoms in total. The van der Waals surface area contributed by atoms with Crippen LogP contribution < -0.4 is 16.0 Å². The second-order valence-electron chi connectivity index (χ2n) is 6.17. The first kappa shape index (κ1) is 18.9. The fourth-order valence-corrected chi connectivity index (χ4v) is 2.57. The van der Waals surface area contributed by atoms with E-state index in [1.165, 1.54) is 12.4 Å². The third kappa shape index (κ3) is 5.29. The van der Waals surface area contributed by atoms with Gasteiger partial charge in [-0.05, 0) is 54.6 Å². The zero-order valence-corrected chi connectivity index (χ0v) is 15.8. The fraction of sp³-hybridized carbons (Fsp3) is 0. The summed E-state index contributed by atoms with van der Waals surface area (Å²) in [5, 5.41) is 9.12. The van der Waals surface area contributed by atoms with E-state index in [-0.39, 0.29) is 5.91 Å². The van der Waals surface area contributed by atoms with Crippen LogP contribution in [0.3, 0.4) is 0 Å². The van der Waals surface area contributed by atoms with E-state index >= 15 is 0 Å². The van der Waals surface area contributed by atoms with Gasteiger partial charge in [0, 0.05) is 29.7 Å². The smallest absolute Gasteiger partial charge is 0.248 e. The predicted molar refractivity (Wildman–Crippen MR) is 116 cm³/mol. The Hall–Kier alpha value is -4.46. The van der Waals surface area contributed by atoms with Gasteiger partial charge in [0.05, 0.1) is 6.26 Å². The molecule has 8 heteroatoms. The molecular formula is C22H18N6O2. The Morgan fingerprint density at radius 3 is 2.37 bits per heavy atom. The van der Waals surface area contributed by atoms with E-state index < -0.39 is 0 Å². The molecule has 0 saturated carbocycles. The third-order valence-corrected chi connectivity index (χ3v) is 3.96. The van der Waals surface area contributed by atoms with E-state index in [2.05, 4.69) is 30.9 Å². The highest BCUT2D eigenvalue weighted by Crippen LogP contribution is 2.20. The molecule has 0 aliphatic heterocycles. The molecule has 0 unspecified atom stereocenters. The van der Waals surface area contributed by atoms with Crippen LogP contribution >= 0.6 is 0 Å². The number of anilines is 5. The van der Waals surface area contributed by atoms with Crippen molar-refractivity contribution >= 4 is 40.8 Å². The second-order valence-corrected chi connectivity index (χ2v) is 6.17. The number of hydrogen-bond donors (Lipinski definition) is 3. The molecular weight excluding hydrogens is 380 g/mol. The van der Waals surface area contributed by atoms with Gasteiger partial charge in [-0.2, -0.15) is 0 Å². The molecule has 1 amide bonds. The van der Waals surface area contributed by atoms with Gasteiger partial charge in [0.15, 0.2) is 0 Å². The van der Waals surface area contributed by atoms with Crippen LogP contribution in [0.15, 0.2) is 89.9 Å². The Balaban J connectivity index is 1.35. The largest absolute Gasteiger partial charge is 0.465 e. The molecule has 1 aromatic carbocycles. The molecule has 0 aliphatic rings. The summed E-state index contributed by atoms with van der Waals surface area (Å²) in [7, 11) is 0. The van der Waals surface area contributed by atoms with Crippen LogP contribution in [-0.2, 0) is 4.79 Å². The summed E-state index contributed by atoms with van der Waals surface area (Å²) in [5.41, 5.74) is 1.50. The highest BCUT2D eigenvalue weighted by Gasteiger charge is 2.03. The number of nitrogens with one attached hydrogen (secondary N) is 3. The molecule has 0 atom stereocenters. The number of hydrogen-bond acceptors (Lipinski definition) is 7. The molecule has 0 fully saturated rings. The van der Waals surface area contributed by atoms with Gasteiger partial charge in [-0.15, -0.1) is 0 Å². The van der Waals surface area contributed by atoms with Crippen molar-refractivity contribution in [3.8, 4) is 0 Å². The quantitative estimate of drug-likeness (QED) is 0.391. The first-order valence-corrected chi connectivity index (χ1v) is 9.14. The van der Waals surface area contributed by atoms with Gasteiger partial charge >= 0.3 is 0 Å².